The summed E-state index contributed by atoms with van der Waals surface area (Å²) in [6.45, 7) is 2.59. The zero-order chi connectivity index (χ0) is 11.5. The molecule has 0 amide bonds. The van der Waals surface area contributed by atoms with Gasteiger partial charge in [0, 0.05) is 6.61 Å². The van der Waals surface area contributed by atoms with Crippen molar-refractivity contribution in [1.82, 2.24) is 5.32 Å². The summed E-state index contributed by atoms with van der Waals surface area (Å²) in [5.74, 6) is -0.143. The molecule has 0 spiro atoms. The van der Waals surface area contributed by atoms with Crippen LogP contribution in [0.25, 0.3) is 0 Å². The minimum absolute atomic E-state index is 0.0950. The first kappa shape index (κ1) is 11.6. The van der Waals surface area contributed by atoms with Gasteiger partial charge in [0.25, 0.3) is 0 Å². The van der Waals surface area contributed by atoms with E-state index in [1.54, 1.807) is 13.0 Å². The summed E-state index contributed by atoms with van der Waals surface area (Å²) in [5.41, 5.74) is 1.66. The maximum Gasteiger partial charge on any atom is 0.126 e. The largest absolute Gasteiger partial charge is 0.376 e. The smallest absolute Gasteiger partial charge is 0.126 e. The first-order valence-corrected chi connectivity index (χ1v) is 5.77. The fraction of sp³-hybridized carbons (Fsp3) is 0.538. The van der Waals surface area contributed by atoms with Gasteiger partial charge in [0.1, 0.15) is 5.82 Å². The molecule has 2 atom stereocenters. The summed E-state index contributed by atoms with van der Waals surface area (Å²) in [7, 11) is 1.89. The zero-order valence-electron chi connectivity index (χ0n) is 9.79. The molecule has 1 fully saturated rings. The molecular formula is C13H18FNO. The highest BCUT2D eigenvalue weighted by molar-refractivity contribution is 5.26. The first-order chi connectivity index (χ1) is 7.72. The van der Waals surface area contributed by atoms with E-state index in [0.717, 1.165) is 25.0 Å². The normalized spacial score (nSPS) is 22.3. The van der Waals surface area contributed by atoms with Crippen molar-refractivity contribution in [2.45, 2.75) is 31.9 Å². The second-order valence-electron chi connectivity index (χ2n) is 4.33. The molecule has 1 aromatic rings. The molecule has 16 heavy (non-hydrogen) atoms. The van der Waals surface area contributed by atoms with E-state index in [1.807, 2.05) is 19.2 Å². The van der Waals surface area contributed by atoms with Crippen LogP contribution < -0.4 is 5.32 Å². The molecule has 2 rings (SSSR count). The Morgan fingerprint density at radius 2 is 2.31 bits per heavy atom. The van der Waals surface area contributed by atoms with Crippen molar-refractivity contribution in [2.24, 2.45) is 0 Å². The molecule has 1 heterocycles. The number of hydrogen-bond donors (Lipinski definition) is 1. The number of halogens is 1. The molecule has 0 saturated carbocycles. The van der Waals surface area contributed by atoms with Crippen LogP contribution in [0.1, 0.15) is 30.0 Å². The Kier molecular flexibility index (Phi) is 3.56. The Morgan fingerprint density at radius 3 is 2.88 bits per heavy atom. The van der Waals surface area contributed by atoms with Gasteiger partial charge in [-0.25, -0.2) is 4.39 Å². The lowest BCUT2D eigenvalue weighted by Gasteiger charge is -2.23. The SMILES string of the molecule is CNC(c1ccc(C)c(F)c1)C1CCCO1. The molecule has 0 radical (unpaired) electrons. The molecule has 1 aliphatic heterocycles. The molecule has 88 valence electrons. The summed E-state index contributed by atoms with van der Waals surface area (Å²) in [5, 5.41) is 3.22. The van der Waals surface area contributed by atoms with E-state index in [2.05, 4.69) is 5.32 Å². The lowest BCUT2D eigenvalue weighted by Crippen LogP contribution is -2.29. The van der Waals surface area contributed by atoms with E-state index in [0.29, 0.717) is 5.56 Å². The van der Waals surface area contributed by atoms with Crippen LogP contribution >= 0.6 is 0 Å². The first-order valence-electron chi connectivity index (χ1n) is 5.77. The van der Waals surface area contributed by atoms with Gasteiger partial charge >= 0.3 is 0 Å². The number of benzene rings is 1. The van der Waals surface area contributed by atoms with Crippen molar-refractivity contribution >= 4 is 0 Å². The predicted octanol–water partition coefficient (Wildman–Crippen LogP) is 2.57. The maximum atomic E-state index is 13.5. The number of aryl methyl sites for hydroxylation is 1. The Labute approximate surface area is 95.8 Å². The molecule has 3 heteroatoms. The third-order valence-corrected chi connectivity index (χ3v) is 3.20. The van der Waals surface area contributed by atoms with E-state index in [1.165, 1.54) is 0 Å². The van der Waals surface area contributed by atoms with Crippen LogP contribution in [0.3, 0.4) is 0 Å². The summed E-state index contributed by atoms with van der Waals surface area (Å²) in [6, 6.07) is 5.50. The molecule has 1 aromatic carbocycles. The highest BCUT2D eigenvalue weighted by Crippen LogP contribution is 2.27. The third-order valence-electron chi connectivity index (χ3n) is 3.20. The van der Waals surface area contributed by atoms with Crippen molar-refractivity contribution in [3.63, 3.8) is 0 Å². The standard InChI is InChI=1S/C13H18FNO/c1-9-5-6-10(8-11(9)14)13(15-2)12-4-3-7-16-12/h5-6,8,12-13,15H,3-4,7H2,1-2H3. The van der Waals surface area contributed by atoms with Gasteiger partial charge in [-0.05, 0) is 44.0 Å². The highest BCUT2D eigenvalue weighted by atomic mass is 19.1. The third kappa shape index (κ3) is 2.25. The van der Waals surface area contributed by atoms with Gasteiger partial charge in [-0.2, -0.15) is 0 Å². The minimum Gasteiger partial charge on any atom is -0.376 e. The summed E-state index contributed by atoms with van der Waals surface area (Å²) >= 11 is 0. The Morgan fingerprint density at radius 1 is 1.50 bits per heavy atom. The van der Waals surface area contributed by atoms with Crippen molar-refractivity contribution in [2.75, 3.05) is 13.7 Å². The number of hydrogen-bond acceptors (Lipinski definition) is 2. The molecule has 2 unspecified atom stereocenters. The van der Waals surface area contributed by atoms with Crippen LogP contribution in [-0.4, -0.2) is 19.8 Å². The van der Waals surface area contributed by atoms with Crippen LogP contribution in [0.4, 0.5) is 4.39 Å². The fourth-order valence-electron chi connectivity index (χ4n) is 2.24. The van der Waals surface area contributed by atoms with Crippen molar-refractivity contribution in [3.8, 4) is 0 Å². The van der Waals surface area contributed by atoms with Crippen LogP contribution in [-0.2, 0) is 4.74 Å². The van der Waals surface area contributed by atoms with Gasteiger partial charge in [-0.1, -0.05) is 12.1 Å². The van der Waals surface area contributed by atoms with Gasteiger partial charge in [0.2, 0.25) is 0 Å². The van der Waals surface area contributed by atoms with Crippen molar-refractivity contribution in [1.29, 1.82) is 0 Å². The Hall–Kier alpha value is -0.930. The Balaban J connectivity index is 2.22. The molecule has 0 bridgehead atoms. The van der Waals surface area contributed by atoms with E-state index in [4.69, 9.17) is 4.74 Å². The molecular weight excluding hydrogens is 205 g/mol. The maximum absolute atomic E-state index is 13.5. The molecule has 2 nitrogen and oxygen atoms in total. The molecule has 1 N–H and O–H groups in total. The predicted molar refractivity (Wildman–Crippen MR) is 61.9 cm³/mol. The second-order valence-corrected chi connectivity index (χ2v) is 4.33. The van der Waals surface area contributed by atoms with E-state index < -0.39 is 0 Å². The summed E-state index contributed by atoms with van der Waals surface area (Å²) in [4.78, 5) is 0. The molecule has 0 aliphatic carbocycles. The Bertz CT molecular complexity index is 361. The van der Waals surface area contributed by atoms with Crippen molar-refractivity contribution in [3.05, 3.63) is 35.1 Å². The van der Waals surface area contributed by atoms with Crippen LogP contribution in [0.5, 0.6) is 0 Å². The highest BCUT2D eigenvalue weighted by Gasteiger charge is 2.26. The molecule has 1 saturated heterocycles. The van der Waals surface area contributed by atoms with E-state index in [-0.39, 0.29) is 18.0 Å². The quantitative estimate of drug-likeness (QED) is 0.850. The number of likely N-dealkylation sites (N-methyl/N-ethyl adjacent to an activating group) is 1. The van der Waals surface area contributed by atoms with Crippen LogP contribution in [0.2, 0.25) is 0 Å². The van der Waals surface area contributed by atoms with Crippen LogP contribution in [0, 0.1) is 12.7 Å². The van der Waals surface area contributed by atoms with Crippen molar-refractivity contribution < 1.29 is 9.13 Å². The summed E-state index contributed by atoms with van der Waals surface area (Å²) < 4.78 is 19.1. The lowest BCUT2D eigenvalue weighted by molar-refractivity contribution is 0.0807. The van der Waals surface area contributed by atoms with E-state index >= 15 is 0 Å². The monoisotopic (exact) mass is 223 g/mol. The topological polar surface area (TPSA) is 21.3 Å². The minimum atomic E-state index is -0.143. The van der Waals surface area contributed by atoms with Gasteiger partial charge < -0.3 is 10.1 Å². The number of ether oxygens (including phenoxy) is 1. The molecule has 0 aromatic heterocycles. The summed E-state index contributed by atoms with van der Waals surface area (Å²) in [6.07, 6.45) is 2.31. The van der Waals surface area contributed by atoms with Gasteiger partial charge in [-0.3, -0.25) is 0 Å². The number of rotatable bonds is 3. The lowest BCUT2D eigenvalue weighted by atomic mass is 9.98. The second kappa shape index (κ2) is 4.93. The van der Waals surface area contributed by atoms with Gasteiger partial charge in [0.15, 0.2) is 0 Å². The number of nitrogens with one attached hydrogen (secondary N) is 1. The molecule has 1 aliphatic rings. The van der Waals surface area contributed by atoms with Gasteiger partial charge in [0.05, 0.1) is 12.1 Å². The van der Waals surface area contributed by atoms with Gasteiger partial charge in [-0.15, -0.1) is 0 Å². The fourth-order valence-corrected chi connectivity index (χ4v) is 2.24. The zero-order valence-corrected chi connectivity index (χ0v) is 9.79. The van der Waals surface area contributed by atoms with Crippen LogP contribution in [0.15, 0.2) is 18.2 Å². The average molecular weight is 223 g/mol. The average Bonchev–Trinajstić information content (AvgIpc) is 2.78. The van der Waals surface area contributed by atoms with E-state index in [9.17, 15) is 4.39 Å².